The van der Waals surface area contributed by atoms with Crippen molar-refractivity contribution in [3.8, 4) is 0 Å². The first-order chi connectivity index (χ1) is 10.1. The zero-order valence-electron chi connectivity index (χ0n) is 15.8. The van der Waals surface area contributed by atoms with Gasteiger partial charge in [0.15, 0.2) is 0 Å². The van der Waals surface area contributed by atoms with Crippen LogP contribution in [-0.4, -0.2) is 10.7 Å². The fourth-order valence-electron chi connectivity index (χ4n) is 4.85. The average Bonchev–Trinajstić information content (AvgIpc) is 2.44. The Balaban J connectivity index is 2.30. The van der Waals surface area contributed by atoms with Crippen LogP contribution < -0.4 is 0 Å². The number of allylic oxidation sites excluding steroid dienone is 2. The van der Waals surface area contributed by atoms with Crippen molar-refractivity contribution in [3.63, 3.8) is 0 Å². The summed E-state index contributed by atoms with van der Waals surface area (Å²) in [4.78, 5) is 0. The van der Waals surface area contributed by atoms with Gasteiger partial charge in [0.2, 0.25) is 0 Å². The monoisotopic (exact) mass is 306 g/mol. The predicted molar refractivity (Wildman–Crippen MR) is 95.9 cm³/mol. The van der Waals surface area contributed by atoms with Crippen LogP contribution in [0.2, 0.25) is 0 Å². The lowest BCUT2D eigenvalue weighted by Gasteiger charge is -2.51. The van der Waals surface area contributed by atoms with Crippen LogP contribution in [0.25, 0.3) is 0 Å². The summed E-state index contributed by atoms with van der Waals surface area (Å²) in [5.41, 5.74) is 1.91. The van der Waals surface area contributed by atoms with Crippen LogP contribution in [0.1, 0.15) is 92.9 Å². The van der Waals surface area contributed by atoms with Gasteiger partial charge in [0.1, 0.15) is 0 Å². The molecule has 3 rings (SSSR count). The molecule has 0 aromatic carbocycles. The van der Waals surface area contributed by atoms with Gasteiger partial charge in [-0.2, -0.15) is 0 Å². The fraction of sp³-hybridized carbons (Fsp3) is 0.905. The van der Waals surface area contributed by atoms with Crippen molar-refractivity contribution in [3.05, 3.63) is 11.6 Å². The summed E-state index contributed by atoms with van der Waals surface area (Å²) in [6, 6.07) is 0. The number of hydrogen-bond donors (Lipinski definition) is 1. The minimum absolute atomic E-state index is 0.267. The molecule has 1 nitrogen and oxygen atoms in total. The largest absolute Gasteiger partial charge is 0.390 e. The molecule has 3 aliphatic carbocycles. The van der Waals surface area contributed by atoms with Gasteiger partial charge in [0.25, 0.3) is 0 Å². The van der Waals surface area contributed by atoms with Gasteiger partial charge in [-0.3, -0.25) is 0 Å². The maximum absolute atomic E-state index is 10.3. The first-order valence-electron chi connectivity index (χ1n) is 9.55. The Morgan fingerprint density at radius 2 is 1.82 bits per heavy atom. The second-order valence-corrected chi connectivity index (χ2v) is 9.45. The Hall–Kier alpha value is -0.300. The first-order valence-corrected chi connectivity index (χ1v) is 9.55. The second-order valence-electron chi connectivity index (χ2n) is 9.45. The van der Waals surface area contributed by atoms with Crippen LogP contribution in [0.3, 0.4) is 0 Å². The quantitative estimate of drug-likeness (QED) is 0.562. The molecule has 1 saturated carbocycles. The molecule has 0 aromatic rings. The molecule has 128 valence electrons. The van der Waals surface area contributed by atoms with Crippen LogP contribution in [-0.2, 0) is 0 Å². The maximum Gasteiger partial charge on any atom is 0.0592 e. The summed E-state index contributed by atoms with van der Waals surface area (Å²) < 4.78 is 0. The van der Waals surface area contributed by atoms with Gasteiger partial charge in [0, 0.05) is 0 Å². The molecule has 1 fully saturated rings. The summed E-state index contributed by atoms with van der Waals surface area (Å²) in [5, 5.41) is 10.3. The Morgan fingerprint density at radius 1 is 1.23 bits per heavy atom. The van der Waals surface area contributed by atoms with E-state index in [1.165, 1.54) is 38.5 Å². The normalized spacial score (nSPS) is 32.5. The van der Waals surface area contributed by atoms with Gasteiger partial charge in [-0.15, -0.1) is 0 Å². The van der Waals surface area contributed by atoms with E-state index in [4.69, 9.17) is 0 Å². The summed E-state index contributed by atoms with van der Waals surface area (Å²) >= 11 is 0. The molecule has 2 atom stereocenters. The van der Waals surface area contributed by atoms with E-state index >= 15 is 0 Å². The molecule has 1 heteroatoms. The molecule has 1 N–H and O–H groups in total. The van der Waals surface area contributed by atoms with E-state index in [9.17, 15) is 5.11 Å². The Bertz CT molecular complexity index is 406. The van der Waals surface area contributed by atoms with E-state index in [0.29, 0.717) is 11.3 Å². The van der Waals surface area contributed by atoms with Crippen molar-refractivity contribution < 1.29 is 5.11 Å². The standard InChI is InChI=1S/C21H38O/c1-7-8-16(2)21(6,14-13-19(3,4)22)18-15-20(5)11-9-17(18)10-12-20/h15-17,22H,7-14H2,1-6H3/t16-,17?,20?,21+/m1/s1. The molecular formula is C21H38O. The summed E-state index contributed by atoms with van der Waals surface area (Å²) in [5.74, 6) is 1.52. The molecule has 0 aromatic heterocycles. The molecule has 0 radical (unpaired) electrons. The second kappa shape index (κ2) is 6.30. The van der Waals surface area contributed by atoms with Crippen LogP contribution in [0.5, 0.6) is 0 Å². The highest BCUT2D eigenvalue weighted by molar-refractivity contribution is 5.27. The molecule has 0 unspecified atom stereocenters. The maximum atomic E-state index is 10.3. The molecular weight excluding hydrogens is 268 g/mol. The number of rotatable bonds is 7. The van der Waals surface area contributed by atoms with E-state index < -0.39 is 5.60 Å². The zero-order valence-corrected chi connectivity index (χ0v) is 15.8. The van der Waals surface area contributed by atoms with Crippen molar-refractivity contribution in [2.24, 2.45) is 22.7 Å². The van der Waals surface area contributed by atoms with E-state index in [1.54, 1.807) is 5.57 Å². The summed E-state index contributed by atoms with van der Waals surface area (Å²) in [6.07, 6.45) is 12.8. The minimum Gasteiger partial charge on any atom is -0.390 e. The van der Waals surface area contributed by atoms with E-state index in [1.807, 2.05) is 13.8 Å². The third-order valence-corrected chi connectivity index (χ3v) is 6.80. The molecule has 0 aliphatic heterocycles. The van der Waals surface area contributed by atoms with Gasteiger partial charge in [-0.1, -0.05) is 52.2 Å². The van der Waals surface area contributed by atoms with Gasteiger partial charge in [-0.25, -0.2) is 0 Å². The average molecular weight is 307 g/mol. The lowest BCUT2D eigenvalue weighted by Crippen LogP contribution is -2.40. The molecule has 0 spiro atoms. The highest BCUT2D eigenvalue weighted by Crippen LogP contribution is 2.57. The predicted octanol–water partition coefficient (Wildman–Crippen LogP) is 6.12. The molecule has 0 amide bonds. The van der Waals surface area contributed by atoms with Crippen LogP contribution >= 0.6 is 0 Å². The molecule has 2 bridgehead atoms. The molecule has 22 heavy (non-hydrogen) atoms. The Morgan fingerprint density at radius 3 is 2.27 bits per heavy atom. The lowest BCUT2D eigenvalue weighted by atomic mass is 9.54. The Kier molecular flexibility index (Phi) is 5.17. The molecule has 0 saturated heterocycles. The third-order valence-electron chi connectivity index (χ3n) is 6.80. The molecule has 0 heterocycles. The smallest absolute Gasteiger partial charge is 0.0592 e. The third kappa shape index (κ3) is 3.78. The number of hydrogen-bond acceptors (Lipinski definition) is 1. The number of fused-ring (bicyclic) bond motifs is 2. The minimum atomic E-state index is -0.550. The lowest BCUT2D eigenvalue weighted by molar-refractivity contribution is 0.0448. The highest BCUT2D eigenvalue weighted by Gasteiger charge is 2.45. The van der Waals surface area contributed by atoms with Gasteiger partial charge in [0.05, 0.1) is 5.60 Å². The van der Waals surface area contributed by atoms with E-state index in [-0.39, 0.29) is 5.41 Å². The van der Waals surface area contributed by atoms with E-state index in [2.05, 4.69) is 33.8 Å². The Labute approximate surface area is 138 Å². The number of aliphatic hydroxyl groups is 1. The molecule has 3 aliphatic rings. The van der Waals surface area contributed by atoms with Crippen molar-refractivity contribution >= 4 is 0 Å². The highest BCUT2D eigenvalue weighted by atomic mass is 16.3. The van der Waals surface area contributed by atoms with Gasteiger partial charge >= 0.3 is 0 Å². The van der Waals surface area contributed by atoms with Crippen molar-refractivity contribution in [2.75, 3.05) is 0 Å². The summed E-state index contributed by atoms with van der Waals surface area (Å²) in [7, 11) is 0. The van der Waals surface area contributed by atoms with Gasteiger partial charge < -0.3 is 5.11 Å². The topological polar surface area (TPSA) is 20.2 Å². The summed E-state index contributed by atoms with van der Waals surface area (Å²) in [6.45, 7) is 13.6. The van der Waals surface area contributed by atoms with Crippen LogP contribution in [0.15, 0.2) is 11.6 Å². The van der Waals surface area contributed by atoms with Crippen LogP contribution in [0.4, 0.5) is 0 Å². The van der Waals surface area contributed by atoms with Crippen molar-refractivity contribution in [1.82, 2.24) is 0 Å². The van der Waals surface area contributed by atoms with Crippen LogP contribution in [0, 0.1) is 22.7 Å². The fourth-order valence-corrected chi connectivity index (χ4v) is 4.85. The van der Waals surface area contributed by atoms with Crippen molar-refractivity contribution in [1.29, 1.82) is 0 Å². The van der Waals surface area contributed by atoms with Crippen molar-refractivity contribution in [2.45, 2.75) is 98.5 Å². The first kappa shape index (κ1) is 18.0. The zero-order chi connectivity index (χ0) is 16.6. The van der Waals surface area contributed by atoms with E-state index in [0.717, 1.165) is 18.8 Å². The SMILES string of the molecule is CCC[C@@H](C)[C@](C)(CCC(C)(C)O)C1=CC2(C)CCC1CC2. The van der Waals surface area contributed by atoms with Gasteiger partial charge in [-0.05, 0) is 75.0 Å².